The highest BCUT2D eigenvalue weighted by Crippen LogP contribution is 2.34. The predicted molar refractivity (Wildman–Crippen MR) is 78.7 cm³/mol. The van der Waals surface area contributed by atoms with Gasteiger partial charge in [0.1, 0.15) is 5.75 Å². The molecule has 2 rings (SSSR count). The number of carbonyl (C=O) groups is 1. The molecule has 0 aliphatic carbocycles. The average molecular weight is 278 g/mol. The van der Waals surface area contributed by atoms with Crippen LogP contribution in [0.15, 0.2) is 18.2 Å². The van der Waals surface area contributed by atoms with E-state index in [1.54, 1.807) is 25.3 Å². The first-order valence-electron chi connectivity index (χ1n) is 6.84. The lowest BCUT2D eigenvalue weighted by Crippen LogP contribution is -2.32. The highest BCUT2D eigenvalue weighted by molar-refractivity contribution is 5.95. The summed E-state index contributed by atoms with van der Waals surface area (Å²) in [4.78, 5) is 12.5. The fourth-order valence-electron chi connectivity index (χ4n) is 2.75. The lowest BCUT2D eigenvalue weighted by atomic mass is 9.89. The summed E-state index contributed by atoms with van der Waals surface area (Å²) in [6, 6.07) is 5.18. The first-order valence-corrected chi connectivity index (χ1v) is 6.84. The molecule has 1 aromatic carbocycles. The van der Waals surface area contributed by atoms with Gasteiger partial charge >= 0.3 is 0 Å². The van der Waals surface area contributed by atoms with Gasteiger partial charge in [-0.2, -0.15) is 0 Å². The summed E-state index contributed by atoms with van der Waals surface area (Å²) >= 11 is 0. The summed E-state index contributed by atoms with van der Waals surface area (Å²) in [6.45, 7) is 5.97. The summed E-state index contributed by atoms with van der Waals surface area (Å²) in [5.74, 6) is 0.542. The number of nitrogen functional groups attached to an aromatic ring is 1. The molecule has 4 atom stereocenters. The Morgan fingerprint density at radius 2 is 2.00 bits per heavy atom. The quantitative estimate of drug-likeness (QED) is 0.832. The van der Waals surface area contributed by atoms with Crippen molar-refractivity contribution in [2.75, 3.05) is 18.2 Å². The summed E-state index contributed by atoms with van der Waals surface area (Å²) in [5, 5.41) is 2.91. The lowest BCUT2D eigenvalue weighted by molar-refractivity contribution is -0.121. The van der Waals surface area contributed by atoms with Gasteiger partial charge in [-0.3, -0.25) is 4.79 Å². The Bertz CT molecular complexity index is 504. The third-order valence-electron chi connectivity index (χ3n) is 4.03. The Balaban J connectivity index is 2.16. The Morgan fingerprint density at radius 3 is 2.55 bits per heavy atom. The molecule has 1 saturated heterocycles. The second-order valence-corrected chi connectivity index (χ2v) is 5.38. The number of rotatable bonds is 3. The van der Waals surface area contributed by atoms with Gasteiger partial charge in [0, 0.05) is 11.8 Å². The molecular formula is C15H22N2O3. The molecule has 0 spiro atoms. The number of amides is 1. The lowest BCUT2D eigenvalue weighted by Gasteiger charge is -2.19. The fourth-order valence-corrected chi connectivity index (χ4v) is 2.75. The molecule has 1 aliphatic rings. The zero-order valence-corrected chi connectivity index (χ0v) is 12.3. The number of nitrogens with two attached hydrogens (primary N) is 1. The van der Waals surface area contributed by atoms with Crippen LogP contribution in [0.2, 0.25) is 0 Å². The second-order valence-electron chi connectivity index (χ2n) is 5.38. The van der Waals surface area contributed by atoms with Crippen LogP contribution in [0.3, 0.4) is 0 Å². The summed E-state index contributed by atoms with van der Waals surface area (Å²) in [6.07, 6.45) is 0.00819. The van der Waals surface area contributed by atoms with Gasteiger partial charge in [-0.25, -0.2) is 0 Å². The van der Waals surface area contributed by atoms with Crippen molar-refractivity contribution in [1.82, 2.24) is 0 Å². The molecule has 1 fully saturated rings. The van der Waals surface area contributed by atoms with E-state index in [2.05, 4.69) is 5.32 Å². The van der Waals surface area contributed by atoms with Crippen LogP contribution in [0, 0.1) is 11.8 Å². The van der Waals surface area contributed by atoms with Crippen molar-refractivity contribution in [2.45, 2.75) is 33.0 Å². The van der Waals surface area contributed by atoms with Crippen molar-refractivity contribution in [1.29, 1.82) is 0 Å². The van der Waals surface area contributed by atoms with Crippen molar-refractivity contribution in [3.05, 3.63) is 18.2 Å². The maximum atomic E-state index is 12.5. The van der Waals surface area contributed by atoms with Crippen LogP contribution in [0.5, 0.6) is 5.75 Å². The molecule has 5 nitrogen and oxygen atoms in total. The molecule has 1 heterocycles. The summed E-state index contributed by atoms with van der Waals surface area (Å²) < 4.78 is 10.9. The number of ether oxygens (including phenoxy) is 2. The number of benzene rings is 1. The smallest absolute Gasteiger partial charge is 0.230 e. The second kappa shape index (κ2) is 5.71. The molecule has 20 heavy (non-hydrogen) atoms. The van der Waals surface area contributed by atoms with E-state index in [1.807, 2.05) is 20.8 Å². The van der Waals surface area contributed by atoms with Crippen LogP contribution in [0.1, 0.15) is 20.8 Å². The Labute approximate surface area is 119 Å². The third-order valence-corrected chi connectivity index (χ3v) is 4.03. The van der Waals surface area contributed by atoms with Gasteiger partial charge in [-0.05, 0) is 31.9 Å². The van der Waals surface area contributed by atoms with Crippen molar-refractivity contribution in [3.8, 4) is 5.75 Å². The SMILES string of the molecule is COc1cc(N)ccc1NC(=O)C1C(C)OC(C)C1C. The molecule has 1 aromatic rings. The van der Waals surface area contributed by atoms with Crippen molar-refractivity contribution >= 4 is 17.3 Å². The van der Waals surface area contributed by atoms with Crippen molar-refractivity contribution in [2.24, 2.45) is 11.8 Å². The standard InChI is InChI=1S/C15H22N2O3/c1-8-9(2)20-10(3)14(8)15(18)17-12-6-5-11(16)7-13(12)19-4/h5-10,14H,16H2,1-4H3,(H,17,18). The zero-order valence-electron chi connectivity index (χ0n) is 12.3. The average Bonchev–Trinajstić information content (AvgIpc) is 2.65. The molecule has 1 amide bonds. The maximum absolute atomic E-state index is 12.5. The fraction of sp³-hybridized carbons (Fsp3) is 0.533. The minimum Gasteiger partial charge on any atom is -0.494 e. The van der Waals surface area contributed by atoms with E-state index in [-0.39, 0.29) is 30.0 Å². The van der Waals surface area contributed by atoms with Crippen LogP contribution >= 0.6 is 0 Å². The molecule has 0 saturated carbocycles. The molecule has 3 N–H and O–H groups in total. The van der Waals surface area contributed by atoms with E-state index in [4.69, 9.17) is 15.2 Å². The van der Waals surface area contributed by atoms with Crippen LogP contribution in [0.4, 0.5) is 11.4 Å². The predicted octanol–water partition coefficient (Wildman–Crippen LogP) is 2.28. The van der Waals surface area contributed by atoms with Crippen LogP contribution in [-0.4, -0.2) is 25.2 Å². The highest BCUT2D eigenvalue weighted by Gasteiger charge is 2.41. The Hall–Kier alpha value is -1.75. The number of methoxy groups -OCH3 is 1. The van der Waals surface area contributed by atoms with Gasteiger partial charge in [-0.1, -0.05) is 6.92 Å². The number of nitrogens with one attached hydrogen (secondary N) is 1. The molecule has 0 aromatic heterocycles. The minimum absolute atomic E-state index is 0.0441. The Morgan fingerprint density at radius 1 is 1.30 bits per heavy atom. The third kappa shape index (κ3) is 2.72. The van der Waals surface area contributed by atoms with E-state index in [0.29, 0.717) is 17.1 Å². The topological polar surface area (TPSA) is 73.6 Å². The van der Waals surface area contributed by atoms with Crippen molar-refractivity contribution in [3.63, 3.8) is 0 Å². The van der Waals surface area contributed by atoms with Gasteiger partial charge in [0.15, 0.2) is 0 Å². The number of carbonyl (C=O) groups excluding carboxylic acids is 1. The Kier molecular flexibility index (Phi) is 4.18. The van der Waals surface area contributed by atoms with E-state index in [9.17, 15) is 4.79 Å². The molecule has 0 radical (unpaired) electrons. The van der Waals surface area contributed by atoms with E-state index >= 15 is 0 Å². The van der Waals surface area contributed by atoms with E-state index in [1.165, 1.54) is 0 Å². The summed E-state index contributed by atoms with van der Waals surface area (Å²) in [5.41, 5.74) is 6.93. The van der Waals surface area contributed by atoms with Gasteiger partial charge < -0.3 is 20.5 Å². The normalized spacial score (nSPS) is 29.2. The minimum atomic E-state index is -0.160. The molecule has 1 aliphatic heterocycles. The summed E-state index contributed by atoms with van der Waals surface area (Å²) in [7, 11) is 1.55. The monoisotopic (exact) mass is 278 g/mol. The van der Waals surface area contributed by atoms with Gasteiger partial charge in [0.2, 0.25) is 5.91 Å². The maximum Gasteiger partial charge on any atom is 0.230 e. The van der Waals surface area contributed by atoms with Crippen LogP contribution < -0.4 is 15.8 Å². The van der Waals surface area contributed by atoms with Gasteiger partial charge in [0.25, 0.3) is 0 Å². The number of hydrogen-bond donors (Lipinski definition) is 2. The van der Waals surface area contributed by atoms with Crippen molar-refractivity contribution < 1.29 is 14.3 Å². The van der Waals surface area contributed by atoms with Crippen LogP contribution in [-0.2, 0) is 9.53 Å². The first-order chi connectivity index (χ1) is 9.43. The number of hydrogen-bond acceptors (Lipinski definition) is 4. The number of anilines is 2. The molecule has 4 unspecified atom stereocenters. The van der Waals surface area contributed by atoms with Gasteiger partial charge in [-0.15, -0.1) is 0 Å². The largest absolute Gasteiger partial charge is 0.494 e. The zero-order chi connectivity index (χ0) is 14.9. The van der Waals surface area contributed by atoms with Gasteiger partial charge in [0.05, 0.1) is 30.9 Å². The molecular weight excluding hydrogens is 256 g/mol. The molecule has 5 heteroatoms. The van der Waals surface area contributed by atoms with Crippen LogP contribution in [0.25, 0.3) is 0 Å². The highest BCUT2D eigenvalue weighted by atomic mass is 16.5. The molecule has 110 valence electrons. The molecule has 0 bridgehead atoms. The van der Waals surface area contributed by atoms with E-state index < -0.39 is 0 Å². The first kappa shape index (κ1) is 14.7. The van der Waals surface area contributed by atoms with E-state index in [0.717, 1.165) is 0 Å².